The second-order valence-electron chi connectivity index (χ2n) is 6.35. The van der Waals surface area contributed by atoms with Gasteiger partial charge in [0.1, 0.15) is 0 Å². The molecule has 0 aliphatic rings. The molecule has 0 heterocycles. The minimum absolute atomic E-state index is 0.498. The van der Waals surface area contributed by atoms with Crippen molar-refractivity contribution in [2.45, 2.75) is 80.6 Å². The minimum atomic E-state index is 0.498. The van der Waals surface area contributed by atoms with E-state index in [2.05, 4.69) is 60.6 Å². The van der Waals surface area contributed by atoms with Crippen LogP contribution in [0, 0.1) is 23.2 Å². The van der Waals surface area contributed by atoms with E-state index in [-0.39, 0.29) is 0 Å². The van der Waals surface area contributed by atoms with Crippen LogP contribution < -0.4 is 0 Å². The van der Waals surface area contributed by atoms with E-state index in [1.807, 2.05) is 0 Å². The van der Waals surface area contributed by atoms with Crippen LogP contribution in [0.2, 0.25) is 0 Å². The van der Waals surface area contributed by atoms with Gasteiger partial charge in [0.05, 0.1) is 0 Å². The van der Waals surface area contributed by atoms with E-state index in [4.69, 9.17) is 0 Å². The van der Waals surface area contributed by atoms with Crippen molar-refractivity contribution in [2.24, 2.45) is 23.2 Å². The molecule has 0 saturated heterocycles. The van der Waals surface area contributed by atoms with E-state index < -0.39 is 0 Å². The van der Waals surface area contributed by atoms with Crippen LogP contribution in [-0.4, -0.2) is 0 Å². The summed E-state index contributed by atoms with van der Waals surface area (Å²) < 4.78 is 0. The van der Waals surface area contributed by atoms with Gasteiger partial charge in [0.2, 0.25) is 0 Å². The van der Waals surface area contributed by atoms with E-state index in [0.29, 0.717) is 11.3 Å². The first-order chi connectivity index (χ1) is 8.47. The maximum Gasteiger partial charge on any atom is -0.0228 e. The fourth-order valence-electron chi connectivity index (χ4n) is 3.98. The molecule has 0 spiro atoms. The highest BCUT2D eigenvalue weighted by Crippen LogP contribution is 2.47. The van der Waals surface area contributed by atoms with Crippen LogP contribution in [0.3, 0.4) is 0 Å². The molecule has 4 unspecified atom stereocenters. The Morgan fingerprint density at radius 3 is 2.06 bits per heavy atom. The molecule has 0 aromatic rings. The molecule has 0 aromatic carbocycles. The average Bonchev–Trinajstić information content (AvgIpc) is 2.30. The summed E-state index contributed by atoms with van der Waals surface area (Å²) in [6.45, 7) is 16.6. The Bertz CT molecular complexity index is 228. The van der Waals surface area contributed by atoms with Gasteiger partial charge in [-0.3, -0.25) is 0 Å². The van der Waals surface area contributed by atoms with Gasteiger partial charge >= 0.3 is 0 Å². The van der Waals surface area contributed by atoms with Crippen molar-refractivity contribution in [1.82, 2.24) is 0 Å². The van der Waals surface area contributed by atoms with Crippen molar-refractivity contribution >= 4 is 0 Å². The van der Waals surface area contributed by atoms with Crippen LogP contribution in [0.1, 0.15) is 80.6 Å². The third-order valence-corrected chi connectivity index (χ3v) is 5.05. The summed E-state index contributed by atoms with van der Waals surface area (Å²) in [5.74, 6) is 2.35. The van der Waals surface area contributed by atoms with Crippen LogP contribution in [0.15, 0.2) is 12.2 Å². The zero-order valence-electron chi connectivity index (χ0n) is 13.9. The number of hydrogen-bond donors (Lipinski definition) is 0. The van der Waals surface area contributed by atoms with Gasteiger partial charge in [0.15, 0.2) is 0 Å². The minimum Gasteiger partial charge on any atom is -0.0914 e. The first kappa shape index (κ1) is 17.7. The smallest absolute Gasteiger partial charge is 0.0228 e. The van der Waals surface area contributed by atoms with Gasteiger partial charge in [0, 0.05) is 0 Å². The van der Waals surface area contributed by atoms with Gasteiger partial charge in [-0.25, -0.2) is 0 Å². The second-order valence-corrected chi connectivity index (χ2v) is 6.35. The van der Waals surface area contributed by atoms with Crippen molar-refractivity contribution in [3.05, 3.63) is 12.2 Å². The molecule has 0 aliphatic heterocycles. The van der Waals surface area contributed by atoms with Gasteiger partial charge in [-0.05, 0) is 36.5 Å². The van der Waals surface area contributed by atoms with Crippen LogP contribution in [-0.2, 0) is 0 Å². The number of rotatable bonds is 9. The molecule has 0 N–H and O–H groups in total. The molecule has 0 saturated carbocycles. The highest BCUT2D eigenvalue weighted by molar-refractivity contribution is 4.95. The van der Waals surface area contributed by atoms with Crippen molar-refractivity contribution in [3.63, 3.8) is 0 Å². The standard InChI is InChI=1S/C18H36/c1-8-12-15(5)17(11-4)18(7,14-10-3)16(6)13-9-2/h8,12,15-17H,9-11,13-14H2,1-7H3. The van der Waals surface area contributed by atoms with Crippen molar-refractivity contribution in [1.29, 1.82) is 0 Å². The summed E-state index contributed by atoms with van der Waals surface area (Å²) in [4.78, 5) is 0. The lowest BCUT2D eigenvalue weighted by Gasteiger charge is -2.45. The molecule has 0 bridgehead atoms. The molecule has 4 atom stereocenters. The maximum absolute atomic E-state index is 2.55. The van der Waals surface area contributed by atoms with E-state index >= 15 is 0 Å². The summed E-state index contributed by atoms with van der Waals surface area (Å²) in [6.07, 6.45) is 11.3. The summed E-state index contributed by atoms with van der Waals surface area (Å²) in [6, 6.07) is 0. The van der Waals surface area contributed by atoms with Gasteiger partial charge in [-0.15, -0.1) is 0 Å². The fourth-order valence-corrected chi connectivity index (χ4v) is 3.98. The van der Waals surface area contributed by atoms with Crippen molar-refractivity contribution in [3.8, 4) is 0 Å². The Hall–Kier alpha value is -0.260. The Morgan fingerprint density at radius 1 is 1.06 bits per heavy atom. The molecule has 0 heteroatoms. The van der Waals surface area contributed by atoms with Gasteiger partial charge in [-0.2, -0.15) is 0 Å². The normalized spacial score (nSPS) is 20.6. The van der Waals surface area contributed by atoms with Gasteiger partial charge in [-0.1, -0.05) is 79.4 Å². The summed E-state index contributed by atoms with van der Waals surface area (Å²) in [7, 11) is 0. The zero-order chi connectivity index (χ0) is 14.2. The molecular formula is C18H36. The summed E-state index contributed by atoms with van der Waals surface area (Å²) in [5, 5.41) is 0. The lowest BCUT2D eigenvalue weighted by molar-refractivity contribution is 0.0553. The van der Waals surface area contributed by atoms with E-state index in [0.717, 1.165) is 11.8 Å². The molecule has 0 rings (SSSR count). The molecule has 108 valence electrons. The molecule has 18 heavy (non-hydrogen) atoms. The topological polar surface area (TPSA) is 0 Å². The molecule has 0 aliphatic carbocycles. The Balaban J connectivity index is 5.12. The van der Waals surface area contributed by atoms with E-state index in [1.54, 1.807) is 0 Å². The first-order valence-corrected chi connectivity index (χ1v) is 8.10. The average molecular weight is 252 g/mol. The number of hydrogen-bond acceptors (Lipinski definition) is 0. The molecular weight excluding hydrogens is 216 g/mol. The van der Waals surface area contributed by atoms with Crippen LogP contribution in [0.4, 0.5) is 0 Å². The quantitative estimate of drug-likeness (QED) is 0.413. The fraction of sp³-hybridized carbons (Fsp3) is 0.889. The summed E-state index contributed by atoms with van der Waals surface area (Å²) in [5.41, 5.74) is 0.498. The molecule has 0 amide bonds. The Kier molecular flexibility index (Phi) is 8.65. The molecule has 0 aromatic heterocycles. The number of allylic oxidation sites excluding steroid dienone is 2. The maximum atomic E-state index is 2.55. The summed E-state index contributed by atoms with van der Waals surface area (Å²) >= 11 is 0. The first-order valence-electron chi connectivity index (χ1n) is 8.10. The van der Waals surface area contributed by atoms with Crippen molar-refractivity contribution < 1.29 is 0 Å². The predicted molar refractivity (Wildman–Crippen MR) is 84.8 cm³/mol. The molecule has 0 radical (unpaired) electrons. The monoisotopic (exact) mass is 252 g/mol. The lowest BCUT2D eigenvalue weighted by atomic mass is 9.60. The molecule has 0 fully saturated rings. The third kappa shape index (κ3) is 4.44. The van der Waals surface area contributed by atoms with Gasteiger partial charge < -0.3 is 0 Å². The predicted octanol–water partition coefficient (Wildman–Crippen LogP) is 6.47. The highest BCUT2D eigenvalue weighted by Gasteiger charge is 2.38. The SMILES string of the molecule is CC=CC(C)C(CC)C(C)(CCC)C(C)CCC. The lowest BCUT2D eigenvalue weighted by Crippen LogP contribution is -2.37. The second kappa shape index (κ2) is 8.77. The van der Waals surface area contributed by atoms with E-state index in [1.165, 1.54) is 32.1 Å². The Morgan fingerprint density at radius 2 is 1.67 bits per heavy atom. The zero-order valence-corrected chi connectivity index (χ0v) is 13.9. The van der Waals surface area contributed by atoms with Crippen LogP contribution in [0.25, 0.3) is 0 Å². The van der Waals surface area contributed by atoms with E-state index in [9.17, 15) is 0 Å². The van der Waals surface area contributed by atoms with Gasteiger partial charge in [0.25, 0.3) is 0 Å². The third-order valence-electron chi connectivity index (χ3n) is 5.05. The van der Waals surface area contributed by atoms with Crippen LogP contribution >= 0.6 is 0 Å². The molecule has 0 nitrogen and oxygen atoms in total. The largest absolute Gasteiger partial charge is 0.0914 e. The van der Waals surface area contributed by atoms with Crippen LogP contribution in [0.5, 0.6) is 0 Å². The Labute approximate surface area is 116 Å². The highest BCUT2D eigenvalue weighted by atomic mass is 14.4. The van der Waals surface area contributed by atoms with Crippen molar-refractivity contribution in [2.75, 3.05) is 0 Å².